The number of carbonyl (C=O) groups is 1. The van der Waals surface area contributed by atoms with Gasteiger partial charge in [-0.2, -0.15) is 0 Å². The van der Waals surface area contributed by atoms with E-state index in [0.717, 1.165) is 55.0 Å². The first-order valence-corrected chi connectivity index (χ1v) is 11.8. The van der Waals surface area contributed by atoms with Crippen molar-refractivity contribution in [2.45, 2.75) is 64.8 Å². The number of anilines is 1. The summed E-state index contributed by atoms with van der Waals surface area (Å²) in [7, 11) is 0. The van der Waals surface area contributed by atoms with Gasteiger partial charge in [0, 0.05) is 37.9 Å². The lowest BCUT2D eigenvalue weighted by Crippen LogP contribution is -2.60. The van der Waals surface area contributed by atoms with E-state index in [4.69, 9.17) is 9.47 Å². The maximum absolute atomic E-state index is 13.2. The van der Waals surface area contributed by atoms with Gasteiger partial charge in [-0.3, -0.25) is 4.79 Å². The number of likely N-dealkylation sites (tertiary alicyclic amines) is 1. The fourth-order valence-corrected chi connectivity index (χ4v) is 4.76. The van der Waals surface area contributed by atoms with Crippen molar-refractivity contribution in [2.24, 2.45) is 0 Å². The van der Waals surface area contributed by atoms with Crippen LogP contribution in [0.2, 0.25) is 0 Å². The Balaban J connectivity index is 1.43. The predicted octanol–water partition coefficient (Wildman–Crippen LogP) is 4.47. The standard InChI is InChI=1S/C26H35N3O3/c1-5-22-17-29(24-8-6-7-13-27-24)18-26(32-22)11-14-28(15-12-26)25(30)21-9-10-23(20(4)16-21)31-19(2)3/h6-10,13,16,19,22H,5,11-12,14-15,17-18H2,1-4H3. The molecule has 3 heterocycles. The number of rotatable bonds is 5. The Morgan fingerprint density at radius 3 is 2.66 bits per heavy atom. The van der Waals surface area contributed by atoms with Gasteiger partial charge in [-0.25, -0.2) is 4.98 Å². The van der Waals surface area contributed by atoms with Crippen LogP contribution in [0, 0.1) is 6.92 Å². The highest BCUT2D eigenvalue weighted by atomic mass is 16.5. The zero-order valence-electron chi connectivity index (χ0n) is 19.7. The van der Waals surface area contributed by atoms with Crippen LogP contribution in [0.15, 0.2) is 42.6 Å². The van der Waals surface area contributed by atoms with Crippen LogP contribution in [0.4, 0.5) is 5.82 Å². The van der Waals surface area contributed by atoms with Gasteiger partial charge in [0.15, 0.2) is 0 Å². The second-order valence-electron chi connectivity index (χ2n) is 9.34. The Bertz CT molecular complexity index is 923. The molecule has 0 radical (unpaired) electrons. The monoisotopic (exact) mass is 437 g/mol. The zero-order chi connectivity index (χ0) is 22.7. The number of aryl methyl sites for hydroxylation is 1. The van der Waals surface area contributed by atoms with Crippen molar-refractivity contribution < 1.29 is 14.3 Å². The fourth-order valence-electron chi connectivity index (χ4n) is 4.76. The Labute approximate surface area is 191 Å². The average Bonchev–Trinajstić information content (AvgIpc) is 2.80. The van der Waals surface area contributed by atoms with Crippen LogP contribution in [0.1, 0.15) is 56.0 Å². The van der Waals surface area contributed by atoms with Crippen molar-refractivity contribution in [3.8, 4) is 5.75 Å². The molecule has 1 amide bonds. The van der Waals surface area contributed by atoms with Crippen molar-refractivity contribution in [1.82, 2.24) is 9.88 Å². The molecule has 2 saturated heterocycles. The molecule has 1 unspecified atom stereocenters. The first kappa shape index (κ1) is 22.6. The quantitative estimate of drug-likeness (QED) is 0.691. The minimum atomic E-state index is -0.224. The summed E-state index contributed by atoms with van der Waals surface area (Å²) in [6, 6.07) is 11.8. The second-order valence-corrected chi connectivity index (χ2v) is 9.34. The highest BCUT2D eigenvalue weighted by Gasteiger charge is 2.43. The average molecular weight is 438 g/mol. The lowest BCUT2D eigenvalue weighted by atomic mass is 9.88. The molecule has 4 rings (SSSR count). The molecule has 2 aliphatic rings. The molecule has 0 saturated carbocycles. The highest BCUT2D eigenvalue weighted by molar-refractivity contribution is 5.94. The number of hydrogen-bond acceptors (Lipinski definition) is 5. The van der Waals surface area contributed by atoms with Gasteiger partial charge in [0.05, 0.1) is 17.8 Å². The zero-order valence-corrected chi connectivity index (χ0v) is 19.7. The summed E-state index contributed by atoms with van der Waals surface area (Å²) in [5.74, 6) is 1.93. The first-order valence-electron chi connectivity index (χ1n) is 11.8. The molecule has 32 heavy (non-hydrogen) atoms. The molecule has 0 aliphatic carbocycles. The number of hydrogen-bond donors (Lipinski definition) is 0. The molecule has 2 aromatic rings. The summed E-state index contributed by atoms with van der Waals surface area (Å²) >= 11 is 0. The Kier molecular flexibility index (Phi) is 6.70. The van der Waals surface area contributed by atoms with E-state index >= 15 is 0 Å². The normalized spacial score (nSPS) is 20.6. The van der Waals surface area contributed by atoms with Gasteiger partial charge in [0.25, 0.3) is 5.91 Å². The lowest BCUT2D eigenvalue weighted by molar-refractivity contribution is -0.130. The van der Waals surface area contributed by atoms with Crippen LogP contribution in [0.25, 0.3) is 0 Å². The largest absolute Gasteiger partial charge is 0.491 e. The summed E-state index contributed by atoms with van der Waals surface area (Å²) in [6.07, 6.45) is 4.79. The van der Waals surface area contributed by atoms with Crippen LogP contribution in [-0.4, -0.2) is 59.8 Å². The van der Waals surface area contributed by atoms with Crippen LogP contribution in [0.5, 0.6) is 5.75 Å². The van der Waals surface area contributed by atoms with Gasteiger partial charge < -0.3 is 19.3 Å². The number of morpholine rings is 1. The van der Waals surface area contributed by atoms with E-state index in [1.165, 1.54) is 0 Å². The lowest BCUT2D eigenvalue weighted by Gasteiger charge is -2.50. The fraction of sp³-hybridized carbons (Fsp3) is 0.538. The van der Waals surface area contributed by atoms with E-state index in [9.17, 15) is 4.79 Å². The summed E-state index contributed by atoms with van der Waals surface area (Å²) in [5, 5.41) is 0. The van der Waals surface area contributed by atoms with Crippen molar-refractivity contribution in [3.05, 3.63) is 53.7 Å². The van der Waals surface area contributed by atoms with Crippen molar-refractivity contribution in [2.75, 3.05) is 31.1 Å². The van der Waals surface area contributed by atoms with Crippen LogP contribution in [-0.2, 0) is 4.74 Å². The number of carbonyl (C=O) groups excluding carboxylic acids is 1. The topological polar surface area (TPSA) is 54.9 Å². The van der Waals surface area contributed by atoms with E-state index in [1.807, 2.05) is 62.2 Å². The smallest absolute Gasteiger partial charge is 0.253 e. The maximum Gasteiger partial charge on any atom is 0.253 e. The molecule has 1 aromatic carbocycles. The van der Waals surface area contributed by atoms with E-state index in [2.05, 4.69) is 22.9 Å². The molecule has 1 atom stereocenters. The van der Waals surface area contributed by atoms with Gasteiger partial charge in [-0.05, 0) is 75.9 Å². The van der Waals surface area contributed by atoms with Crippen LogP contribution < -0.4 is 9.64 Å². The minimum Gasteiger partial charge on any atom is -0.491 e. The minimum absolute atomic E-state index is 0.0866. The second kappa shape index (κ2) is 9.49. The maximum atomic E-state index is 13.2. The third-order valence-corrected chi connectivity index (χ3v) is 6.49. The van der Waals surface area contributed by atoms with E-state index in [1.54, 1.807) is 0 Å². The van der Waals surface area contributed by atoms with Gasteiger partial charge in [-0.15, -0.1) is 0 Å². The van der Waals surface area contributed by atoms with Crippen LogP contribution in [0.3, 0.4) is 0 Å². The number of aromatic nitrogens is 1. The highest BCUT2D eigenvalue weighted by Crippen LogP contribution is 2.35. The molecular formula is C26H35N3O3. The molecule has 6 nitrogen and oxygen atoms in total. The Morgan fingerprint density at radius 1 is 1.25 bits per heavy atom. The molecule has 1 spiro atoms. The summed E-state index contributed by atoms with van der Waals surface area (Å²) in [6.45, 7) is 11.3. The van der Waals surface area contributed by atoms with Gasteiger partial charge in [0.1, 0.15) is 11.6 Å². The molecule has 6 heteroatoms. The summed E-state index contributed by atoms with van der Waals surface area (Å²) in [4.78, 5) is 22.1. The third kappa shape index (κ3) is 4.90. The predicted molar refractivity (Wildman–Crippen MR) is 126 cm³/mol. The molecular weight excluding hydrogens is 402 g/mol. The number of amides is 1. The Morgan fingerprint density at radius 2 is 2.03 bits per heavy atom. The van der Waals surface area contributed by atoms with Gasteiger partial charge in [0.2, 0.25) is 0 Å². The molecule has 1 aromatic heterocycles. The third-order valence-electron chi connectivity index (χ3n) is 6.49. The van der Waals surface area contributed by atoms with Gasteiger partial charge in [-0.1, -0.05) is 13.0 Å². The SMILES string of the molecule is CCC1CN(c2ccccn2)CC2(CCN(C(=O)c3ccc(OC(C)C)c(C)c3)CC2)O1. The van der Waals surface area contributed by atoms with Crippen molar-refractivity contribution in [3.63, 3.8) is 0 Å². The van der Waals surface area contributed by atoms with Crippen molar-refractivity contribution >= 4 is 11.7 Å². The molecule has 2 fully saturated rings. The number of benzene rings is 1. The molecule has 0 N–H and O–H groups in total. The van der Waals surface area contributed by atoms with Gasteiger partial charge >= 0.3 is 0 Å². The molecule has 172 valence electrons. The Hall–Kier alpha value is -2.60. The number of piperidine rings is 1. The van der Waals surface area contributed by atoms with E-state index < -0.39 is 0 Å². The van der Waals surface area contributed by atoms with Crippen LogP contribution >= 0.6 is 0 Å². The van der Waals surface area contributed by atoms with E-state index in [-0.39, 0.29) is 23.7 Å². The summed E-state index contributed by atoms with van der Waals surface area (Å²) < 4.78 is 12.4. The van der Waals surface area contributed by atoms with E-state index in [0.29, 0.717) is 13.1 Å². The first-order chi connectivity index (χ1) is 15.4. The van der Waals surface area contributed by atoms with Crippen molar-refractivity contribution in [1.29, 1.82) is 0 Å². The molecule has 2 aliphatic heterocycles. The number of ether oxygens (including phenoxy) is 2. The summed E-state index contributed by atoms with van der Waals surface area (Å²) in [5.41, 5.74) is 1.49. The number of nitrogens with zero attached hydrogens (tertiary/aromatic N) is 3. The number of pyridine rings is 1. The molecule has 0 bridgehead atoms.